The third-order valence-corrected chi connectivity index (χ3v) is 1.81. The van der Waals surface area contributed by atoms with Crippen LogP contribution in [-0.4, -0.2) is 19.7 Å². The van der Waals surface area contributed by atoms with Crippen molar-refractivity contribution in [2.75, 3.05) is 11.5 Å². The van der Waals surface area contributed by atoms with Crippen molar-refractivity contribution in [2.24, 2.45) is 7.05 Å². The molecule has 0 amide bonds. The highest BCUT2D eigenvalue weighted by atomic mass is 15.3. The molecule has 0 fully saturated rings. The number of hydrogen-bond acceptors (Lipinski definition) is 5. The van der Waals surface area contributed by atoms with Crippen LogP contribution in [0.3, 0.4) is 0 Å². The fraction of sp³-hybridized carbons (Fsp3) is 0.125. The molecule has 0 radical (unpaired) electrons. The monoisotopic (exact) mass is 190 g/mol. The molecule has 2 heterocycles. The van der Waals surface area contributed by atoms with Crippen LogP contribution in [-0.2, 0) is 7.05 Å². The first-order valence-electron chi connectivity index (χ1n) is 4.05. The van der Waals surface area contributed by atoms with Crippen molar-refractivity contribution in [3.05, 3.63) is 18.5 Å². The Balaban J connectivity index is 2.47. The molecule has 6 nitrogen and oxygen atoms in total. The Bertz CT molecular complexity index is 461. The molecule has 0 aromatic carbocycles. The predicted octanol–water partition coefficient (Wildman–Crippen LogP) is 0.0415. The van der Waals surface area contributed by atoms with E-state index in [4.69, 9.17) is 11.5 Å². The highest BCUT2D eigenvalue weighted by Crippen LogP contribution is 2.16. The molecule has 0 unspecified atom stereocenters. The minimum atomic E-state index is 0.230. The van der Waals surface area contributed by atoms with E-state index in [0.29, 0.717) is 5.69 Å². The van der Waals surface area contributed by atoms with Crippen LogP contribution in [0, 0.1) is 0 Å². The molecule has 0 saturated carbocycles. The smallest absolute Gasteiger partial charge is 0.166 e. The van der Waals surface area contributed by atoms with Crippen LogP contribution in [0.15, 0.2) is 18.5 Å². The van der Waals surface area contributed by atoms with Crippen LogP contribution in [0.5, 0.6) is 0 Å². The first kappa shape index (κ1) is 8.49. The average molecular weight is 190 g/mol. The molecule has 2 aromatic rings. The SMILES string of the molecule is Cn1ccc(-c2cnc(N)c(N)n2)n1. The molecule has 0 bridgehead atoms. The molecule has 2 aromatic heterocycles. The van der Waals surface area contributed by atoms with Gasteiger partial charge in [-0.2, -0.15) is 5.10 Å². The van der Waals surface area contributed by atoms with Crippen LogP contribution in [0.1, 0.15) is 0 Å². The zero-order valence-electron chi connectivity index (χ0n) is 7.68. The summed E-state index contributed by atoms with van der Waals surface area (Å²) in [5.41, 5.74) is 12.3. The van der Waals surface area contributed by atoms with Gasteiger partial charge in [-0.25, -0.2) is 9.97 Å². The van der Waals surface area contributed by atoms with E-state index in [2.05, 4.69) is 15.1 Å². The van der Waals surface area contributed by atoms with Crippen molar-refractivity contribution in [3.8, 4) is 11.4 Å². The van der Waals surface area contributed by atoms with Crippen molar-refractivity contribution in [3.63, 3.8) is 0 Å². The Morgan fingerprint density at radius 1 is 1.21 bits per heavy atom. The van der Waals surface area contributed by atoms with Crippen LogP contribution < -0.4 is 11.5 Å². The molecular weight excluding hydrogens is 180 g/mol. The van der Waals surface area contributed by atoms with E-state index in [1.54, 1.807) is 10.9 Å². The second-order valence-corrected chi connectivity index (χ2v) is 2.90. The molecule has 0 spiro atoms. The van der Waals surface area contributed by atoms with E-state index in [9.17, 15) is 0 Å². The molecule has 2 rings (SSSR count). The van der Waals surface area contributed by atoms with E-state index in [-0.39, 0.29) is 11.6 Å². The Hall–Kier alpha value is -2.11. The molecule has 0 aliphatic carbocycles. The summed E-state index contributed by atoms with van der Waals surface area (Å²) in [7, 11) is 1.83. The Kier molecular flexibility index (Phi) is 1.81. The summed E-state index contributed by atoms with van der Waals surface area (Å²) in [6, 6.07) is 1.83. The Labute approximate surface area is 80.6 Å². The Morgan fingerprint density at radius 3 is 2.57 bits per heavy atom. The molecule has 14 heavy (non-hydrogen) atoms. The molecular formula is C8H10N6. The highest BCUT2D eigenvalue weighted by Gasteiger charge is 2.05. The minimum absolute atomic E-state index is 0.230. The summed E-state index contributed by atoms with van der Waals surface area (Å²) in [4.78, 5) is 7.98. The normalized spacial score (nSPS) is 10.4. The van der Waals surface area contributed by atoms with E-state index >= 15 is 0 Å². The summed E-state index contributed by atoms with van der Waals surface area (Å²) in [6.45, 7) is 0. The lowest BCUT2D eigenvalue weighted by atomic mass is 10.3. The van der Waals surface area contributed by atoms with Gasteiger partial charge in [0.2, 0.25) is 0 Å². The van der Waals surface area contributed by atoms with E-state index < -0.39 is 0 Å². The van der Waals surface area contributed by atoms with Crippen LogP contribution in [0.2, 0.25) is 0 Å². The minimum Gasteiger partial charge on any atom is -0.381 e. The lowest BCUT2D eigenvalue weighted by molar-refractivity contribution is 0.770. The second-order valence-electron chi connectivity index (χ2n) is 2.90. The van der Waals surface area contributed by atoms with Gasteiger partial charge >= 0.3 is 0 Å². The number of aromatic nitrogens is 4. The van der Waals surface area contributed by atoms with Crippen molar-refractivity contribution in [1.82, 2.24) is 19.7 Å². The van der Waals surface area contributed by atoms with Gasteiger partial charge < -0.3 is 11.5 Å². The van der Waals surface area contributed by atoms with E-state index in [0.717, 1.165) is 5.69 Å². The van der Waals surface area contributed by atoms with Gasteiger partial charge in [0.25, 0.3) is 0 Å². The van der Waals surface area contributed by atoms with Gasteiger partial charge in [0.1, 0.15) is 11.4 Å². The summed E-state index contributed by atoms with van der Waals surface area (Å²) in [5.74, 6) is 0.470. The van der Waals surface area contributed by atoms with Gasteiger partial charge in [-0.1, -0.05) is 0 Å². The maximum atomic E-state index is 5.53. The van der Waals surface area contributed by atoms with Crippen molar-refractivity contribution in [2.45, 2.75) is 0 Å². The topological polar surface area (TPSA) is 95.6 Å². The fourth-order valence-electron chi connectivity index (χ4n) is 1.09. The van der Waals surface area contributed by atoms with E-state index in [1.165, 1.54) is 0 Å². The number of nitrogens with zero attached hydrogens (tertiary/aromatic N) is 4. The largest absolute Gasteiger partial charge is 0.381 e. The maximum absolute atomic E-state index is 5.53. The lowest BCUT2D eigenvalue weighted by Gasteiger charge is -1.99. The number of aryl methyl sites for hydroxylation is 1. The zero-order valence-corrected chi connectivity index (χ0v) is 7.68. The van der Waals surface area contributed by atoms with Gasteiger partial charge in [-0.15, -0.1) is 0 Å². The molecule has 6 heteroatoms. The Morgan fingerprint density at radius 2 is 2.00 bits per heavy atom. The van der Waals surface area contributed by atoms with Gasteiger partial charge in [0.05, 0.1) is 6.20 Å². The van der Waals surface area contributed by atoms with Gasteiger partial charge in [-0.3, -0.25) is 4.68 Å². The van der Waals surface area contributed by atoms with Crippen LogP contribution >= 0.6 is 0 Å². The molecule has 0 saturated heterocycles. The van der Waals surface area contributed by atoms with Gasteiger partial charge in [0.15, 0.2) is 11.6 Å². The quantitative estimate of drug-likeness (QED) is 0.662. The first-order valence-corrected chi connectivity index (χ1v) is 4.05. The molecule has 4 N–H and O–H groups in total. The third-order valence-electron chi connectivity index (χ3n) is 1.81. The van der Waals surface area contributed by atoms with Crippen molar-refractivity contribution < 1.29 is 0 Å². The number of anilines is 2. The van der Waals surface area contributed by atoms with Gasteiger partial charge in [0, 0.05) is 13.2 Å². The summed E-state index contributed by atoms with van der Waals surface area (Å²) in [6.07, 6.45) is 3.37. The highest BCUT2D eigenvalue weighted by molar-refractivity contribution is 5.60. The molecule has 72 valence electrons. The average Bonchev–Trinajstić information content (AvgIpc) is 2.57. The zero-order chi connectivity index (χ0) is 10.1. The number of nitrogens with two attached hydrogens (primary N) is 2. The van der Waals surface area contributed by atoms with Crippen molar-refractivity contribution >= 4 is 11.6 Å². The van der Waals surface area contributed by atoms with Crippen molar-refractivity contribution in [1.29, 1.82) is 0 Å². The standard InChI is InChI=1S/C8H10N6/c1-14-3-2-5(13-14)6-4-11-7(9)8(10)12-6/h2-4H,1H3,(H2,9,11)(H2,10,12). The predicted molar refractivity (Wildman–Crippen MR) is 53.1 cm³/mol. The summed E-state index contributed by atoms with van der Waals surface area (Å²) >= 11 is 0. The van der Waals surface area contributed by atoms with Gasteiger partial charge in [-0.05, 0) is 6.07 Å². The molecule has 0 atom stereocenters. The first-order chi connectivity index (χ1) is 6.66. The maximum Gasteiger partial charge on any atom is 0.166 e. The van der Waals surface area contributed by atoms with E-state index in [1.807, 2.05) is 19.3 Å². The molecule has 0 aliphatic heterocycles. The number of hydrogen-bond donors (Lipinski definition) is 2. The molecule has 0 aliphatic rings. The van der Waals surface area contributed by atoms with Crippen LogP contribution in [0.25, 0.3) is 11.4 Å². The fourth-order valence-corrected chi connectivity index (χ4v) is 1.09. The number of nitrogen functional groups attached to an aromatic ring is 2. The summed E-state index contributed by atoms with van der Waals surface area (Å²) < 4.78 is 1.68. The second kappa shape index (κ2) is 2.99. The van der Waals surface area contributed by atoms with Crippen LogP contribution in [0.4, 0.5) is 11.6 Å². The lowest BCUT2D eigenvalue weighted by Crippen LogP contribution is -2.01. The number of rotatable bonds is 1. The third kappa shape index (κ3) is 1.37. The summed E-state index contributed by atoms with van der Waals surface area (Å²) in [5, 5.41) is 4.17.